The Morgan fingerprint density at radius 1 is 1.06 bits per heavy atom. The number of piperazine rings is 1. The third kappa shape index (κ3) is 7.13. The second kappa shape index (κ2) is 14.2. The standard InChI is InChI=1S/C34H37ClFN7O3S/c1-45-14-13-41-9-11-42(12-10-41)18-25(44)19-43-29-7-6-26-31-33(37-21-38-34(31)47-32(26)27(29)17-39-43)40-24-5-8-30(28(35)16-24)46-20-22-3-2-4-23(36)15-22/h2-5,8,15-17,21,25,44H,6-7,9-14,18-20H2,1H3,(H,37,38,40)/t25-/m1/s1. The summed E-state index contributed by atoms with van der Waals surface area (Å²) in [6, 6.07) is 11.8. The van der Waals surface area contributed by atoms with Gasteiger partial charge in [0.25, 0.3) is 0 Å². The number of ether oxygens (including phenoxy) is 2. The summed E-state index contributed by atoms with van der Waals surface area (Å²) in [4.78, 5) is 16.0. The molecule has 1 aliphatic carbocycles. The van der Waals surface area contributed by atoms with Gasteiger partial charge in [-0.3, -0.25) is 14.5 Å². The molecule has 2 N–H and O–H groups in total. The van der Waals surface area contributed by atoms with Crippen molar-refractivity contribution in [3.8, 4) is 16.2 Å². The number of nitrogens with one attached hydrogen (secondary N) is 1. The van der Waals surface area contributed by atoms with Gasteiger partial charge in [-0.25, -0.2) is 14.4 Å². The number of anilines is 2. The van der Waals surface area contributed by atoms with Gasteiger partial charge in [0.1, 0.15) is 35.1 Å². The number of benzene rings is 2. The topological polar surface area (TPSA) is 101 Å². The number of thiophene rings is 1. The molecule has 7 rings (SSSR count). The molecule has 5 aromatic rings. The van der Waals surface area contributed by atoms with Crippen LogP contribution in [0.5, 0.6) is 5.75 Å². The van der Waals surface area contributed by atoms with E-state index in [0.29, 0.717) is 29.7 Å². The van der Waals surface area contributed by atoms with Crippen LogP contribution in [-0.4, -0.2) is 93.7 Å². The number of methoxy groups -OCH3 is 1. The van der Waals surface area contributed by atoms with Gasteiger partial charge >= 0.3 is 0 Å². The largest absolute Gasteiger partial charge is 0.487 e. The van der Waals surface area contributed by atoms with Gasteiger partial charge in [-0.15, -0.1) is 11.3 Å². The molecular formula is C34H37ClFN7O3S. The number of nitrogens with zero attached hydrogens (tertiary/aromatic N) is 6. The summed E-state index contributed by atoms with van der Waals surface area (Å²) in [5, 5.41) is 20.6. The van der Waals surface area contributed by atoms with Gasteiger partial charge in [0.2, 0.25) is 0 Å². The fourth-order valence-electron chi connectivity index (χ4n) is 6.40. The summed E-state index contributed by atoms with van der Waals surface area (Å²) in [5.41, 5.74) is 4.94. The smallest absolute Gasteiger partial charge is 0.142 e. The summed E-state index contributed by atoms with van der Waals surface area (Å²) in [6.45, 7) is 6.89. The number of aliphatic hydroxyl groups excluding tert-OH is 1. The van der Waals surface area contributed by atoms with Crippen molar-refractivity contribution in [1.82, 2.24) is 29.5 Å². The van der Waals surface area contributed by atoms with Gasteiger partial charge in [-0.1, -0.05) is 23.7 Å². The van der Waals surface area contributed by atoms with Crippen LogP contribution in [0.3, 0.4) is 0 Å². The van der Waals surface area contributed by atoms with Crippen LogP contribution in [0.4, 0.5) is 15.9 Å². The van der Waals surface area contributed by atoms with Crippen molar-refractivity contribution >= 4 is 44.7 Å². The molecule has 4 heterocycles. The molecule has 2 aliphatic rings. The molecule has 0 spiro atoms. The van der Waals surface area contributed by atoms with E-state index in [-0.39, 0.29) is 12.4 Å². The molecule has 13 heteroatoms. The zero-order chi connectivity index (χ0) is 32.3. The van der Waals surface area contributed by atoms with Crippen LogP contribution >= 0.6 is 22.9 Å². The Balaban J connectivity index is 1.03. The van der Waals surface area contributed by atoms with Crippen molar-refractivity contribution < 1.29 is 19.0 Å². The maximum absolute atomic E-state index is 13.5. The molecule has 246 valence electrons. The lowest BCUT2D eigenvalue weighted by atomic mass is 9.95. The second-order valence-corrected chi connectivity index (χ2v) is 13.4. The van der Waals surface area contributed by atoms with E-state index in [9.17, 15) is 9.50 Å². The molecule has 3 aromatic heterocycles. The molecule has 0 unspecified atom stereocenters. The molecule has 0 saturated carbocycles. The normalized spacial score (nSPS) is 15.8. The average molecular weight is 678 g/mol. The van der Waals surface area contributed by atoms with Crippen molar-refractivity contribution in [3.05, 3.63) is 82.6 Å². The minimum atomic E-state index is -0.500. The second-order valence-electron chi connectivity index (χ2n) is 12.0. The number of hydrogen-bond acceptors (Lipinski definition) is 10. The van der Waals surface area contributed by atoms with Crippen LogP contribution in [0.25, 0.3) is 20.7 Å². The first-order valence-electron chi connectivity index (χ1n) is 15.8. The van der Waals surface area contributed by atoms with Crippen LogP contribution in [0, 0.1) is 5.82 Å². The van der Waals surface area contributed by atoms with Crippen molar-refractivity contribution in [3.63, 3.8) is 0 Å². The molecule has 2 aromatic carbocycles. The Labute approximate surface area is 281 Å². The first-order chi connectivity index (χ1) is 22.9. The Morgan fingerprint density at radius 3 is 2.72 bits per heavy atom. The fraction of sp³-hybridized carbons (Fsp3) is 0.382. The number of aromatic nitrogens is 4. The van der Waals surface area contributed by atoms with Gasteiger partial charge in [-0.05, 0) is 54.3 Å². The molecule has 1 aliphatic heterocycles. The van der Waals surface area contributed by atoms with E-state index in [0.717, 1.165) is 89.8 Å². The maximum Gasteiger partial charge on any atom is 0.142 e. The highest BCUT2D eigenvalue weighted by Gasteiger charge is 2.28. The minimum absolute atomic E-state index is 0.211. The Bertz CT molecular complexity index is 1860. The lowest BCUT2D eigenvalue weighted by Crippen LogP contribution is -2.49. The van der Waals surface area contributed by atoms with E-state index in [1.807, 2.05) is 16.9 Å². The van der Waals surface area contributed by atoms with Crippen LogP contribution < -0.4 is 10.1 Å². The SMILES string of the molecule is COCCN1CCN(C[C@@H](O)Cn2ncc3c2CCc2c-3sc3ncnc(Nc4ccc(OCc5cccc(F)c5)c(Cl)c4)c23)CC1. The number of aliphatic hydroxyl groups is 1. The maximum atomic E-state index is 13.5. The van der Waals surface area contributed by atoms with Gasteiger partial charge in [0.05, 0.1) is 35.9 Å². The van der Waals surface area contributed by atoms with E-state index in [1.165, 1.54) is 17.7 Å². The highest BCUT2D eigenvalue weighted by molar-refractivity contribution is 7.22. The van der Waals surface area contributed by atoms with E-state index in [1.54, 1.807) is 49.0 Å². The molecule has 0 amide bonds. The van der Waals surface area contributed by atoms with Gasteiger partial charge in [0.15, 0.2) is 0 Å². The molecule has 0 radical (unpaired) electrons. The predicted molar refractivity (Wildman–Crippen MR) is 182 cm³/mol. The van der Waals surface area contributed by atoms with Crippen LogP contribution in [0.2, 0.25) is 5.02 Å². The number of hydrogen-bond donors (Lipinski definition) is 2. The van der Waals surface area contributed by atoms with Crippen molar-refractivity contribution in [2.45, 2.75) is 32.1 Å². The van der Waals surface area contributed by atoms with Crippen LogP contribution in [0.1, 0.15) is 16.8 Å². The van der Waals surface area contributed by atoms with E-state index in [2.05, 4.69) is 25.1 Å². The monoisotopic (exact) mass is 677 g/mol. The number of rotatable bonds is 12. The lowest BCUT2D eigenvalue weighted by molar-refractivity contribution is 0.0534. The van der Waals surface area contributed by atoms with Crippen LogP contribution in [0.15, 0.2) is 55.0 Å². The van der Waals surface area contributed by atoms with Gasteiger partial charge < -0.3 is 19.9 Å². The highest BCUT2D eigenvalue weighted by atomic mass is 35.5. The van der Waals surface area contributed by atoms with E-state index < -0.39 is 6.10 Å². The van der Waals surface area contributed by atoms with Gasteiger partial charge in [0, 0.05) is 68.2 Å². The molecule has 47 heavy (non-hydrogen) atoms. The third-order valence-corrected chi connectivity index (χ3v) is 10.3. The summed E-state index contributed by atoms with van der Waals surface area (Å²) in [5.74, 6) is 0.921. The first kappa shape index (κ1) is 31.9. The average Bonchev–Trinajstić information content (AvgIpc) is 3.66. The fourth-order valence-corrected chi connectivity index (χ4v) is 7.86. The van der Waals surface area contributed by atoms with Crippen molar-refractivity contribution in [1.29, 1.82) is 0 Å². The molecule has 0 bridgehead atoms. The summed E-state index contributed by atoms with van der Waals surface area (Å²) in [7, 11) is 1.74. The summed E-state index contributed by atoms with van der Waals surface area (Å²) >= 11 is 8.21. The van der Waals surface area contributed by atoms with Crippen molar-refractivity contribution in [2.24, 2.45) is 0 Å². The summed E-state index contributed by atoms with van der Waals surface area (Å²) in [6.07, 6.45) is 4.63. The number of β-amino-alcohol motifs (C(OH)–C–C–N with tert-alkyl or cyclic N) is 1. The number of fused-ring (bicyclic) bond motifs is 5. The molecular weight excluding hydrogens is 641 g/mol. The quantitative estimate of drug-likeness (QED) is 0.180. The van der Waals surface area contributed by atoms with E-state index in [4.69, 9.17) is 26.2 Å². The number of aryl methyl sites for hydroxylation is 1. The minimum Gasteiger partial charge on any atom is -0.487 e. The molecule has 1 atom stereocenters. The van der Waals surface area contributed by atoms with Crippen molar-refractivity contribution in [2.75, 3.05) is 58.3 Å². The van der Waals surface area contributed by atoms with Crippen LogP contribution in [-0.2, 0) is 30.7 Å². The Morgan fingerprint density at radius 2 is 1.91 bits per heavy atom. The third-order valence-electron chi connectivity index (χ3n) is 8.80. The number of halogens is 2. The zero-order valence-corrected chi connectivity index (χ0v) is 27.7. The molecule has 1 saturated heterocycles. The van der Waals surface area contributed by atoms with E-state index >= 15 is 0 Å². The Hall–Kier alpha value is -3.65. The summed E-state index contributed by atoms with van der Waals surface area (Å²) < 4.78 is 26.6. The Kier molecular flexibility index (Phi) is 9.66. The molecule has 1 fully saturated rings. The zero-order valence-electron chi connectivity index (χ0n) is 26.2. The molecule has 10 nitrogen and oxygen atoms in total. The first-order valence-corrected chi connectivity index (χ1v) is 17.0. The predicted octanol–water partition coefficient (Wildman–Crippen LogP) is 5.39. The lowest BCUT2D eigenvalue weighted by Gasteiger charge is -2.35. The van der Waals surface area contributed by atoms with Gasteiger partial charge in [-0.2, -0.15) is 5.10 Å². The highest BCUT2D eigenvalue weighted by Crippen LogP contribution is 2.45.